The molecule has 0 saturated heterocycles. The topological polar surface area (TPSA) is 51.8 Å². The van der Waals surface area contributed by atoms with Crippen LogP contribution in [-0.4, -0.2) is 9.97 Å². The number of nitrogens with two attached hydrogens (primary N) is 1. The van der Waals surface area contributed by atoms with E-state index in [4.69, 9.17) is 5.73 Å². The SMILES string of the molecule is CCc1c(N)ncnc1Sc1ccc(F)cc1F. The Morgan fingerprint density at radius 3 is 2.72 bits per heavy atom. The number of nitrogens with zero attached hydrogens (tertiary/aromatic N) is 2. The summed E-state index contributed by atoms with van der Waals surface area (Å²) in [6.45, 7) is 1.92. The van der Waals surface area contributed by atoms with E-state index in [1.54, 1.807) is 0 Å². The number of aromatic nitrogens is 2. The highest BCUT2D eigenvalue weighted by atomic mass is 32.2. The van der Waals surface area contributed by atoms with E-state index in [2.05, 4.69) is 9.97 Å². The van der Waals surface area contributed by atoms with Crippen molar-refractivity contribution in [2.24, 2.45) is 0 Å². The molecule has 1 heterocycles. The lowest BCUT2D eigenvalue weighted by Gasteiger charge is -2.08. The summed E-state index contributed by atoms with van der Waals surface area (Å²) < 4.78 is 26.3. The molecule has 2 N–H and O–H groups in total. The summed E-state index contributed by atoms with van der Waals surface area (Å²) in [5, 5.41) is 0.593. The van der Waals surface area contributed by atoms with Gasteiger partial charge < -0.3 is 5.73 Å². The maximum atomic E-state index is 13.5. The van der Waals surface area contributed by atoms with Crippen LogP contribution in [0, 0.1) is 11.6 Å². The summed E-state index contributed by atoms with van der Waals surface area (Å²) in [6.07, 6.45) is 1.98. The summed E-state index contributed by atoms with van der Waals surface area (Å²) in [4.78, 5) is 8.28. The normalized spacial score (nSPS) is 10.6. The Hall–Kier alpha value is -1.69. The average molecular weight is 267 g/mol. The molecule has 1 aromatic carbocycles. The maximum absolute atomic E-state index is 13.5. The molecule has 2 rings (SSSR count). The molecule has 6 heteroatoms. The van der Waals surface area contributed by atoms with E-state index in [9.17, 15) is 8.78 Å². The molecule has 0 amide bonds. The van der Waals surface area contributed by atoms with Gasteiger partial charge >= 0.3 is 0 Å². The van der Waals surface area contributed by atoms with Crippen LogP contribution in [0.2, 0.25) is 0 Å². The second-order valence-corrected chi connectivity index (χ2v) is 4.60. The molecule has 94 valence electrons. The van der Waals surface area contributed by atoms with Gasteiger partial charge in [-0.3, -0.25) is 0 Å². The first-order valence-corrected chi connectivity index (χ1v) is 6.15. The molecule has 0 fully saturated rings. The number of hydrogen-bond donors (Lipinski definition) is 1. The van der Waals surface area contributed by atoms with Crippen LogP contribution < -0.4 is 5.73 Å². The predicted molar refractivity (Wildman–Crippen MR) is 66.3 cm³/mol. The zero-order valence-corrected chi connectivity index (χ0v) is 10.5. The predicted octanol–water partition coefficient (Wildman–Crippen LogP) is 3.05. The zero-order chi connectivity index (χ0) is 13.1. The molecule has 0 bridgehead atoms. The fourth-order valence-electron chi connectivity index (χ4n) is 1.49. The summed E-state index contributed by atoms with van der Waals surface area (Å²) in [5.74, 6) is -0.827. The van der Waals surface area contributed by atoms with E-state index < -0.39 is 11.6 Å². The first-order valence-electron chi connectivity index (χ1n) is 5.34. The van der Waals surface area contributed by atoms with E-state index >= 15 is 0 Å². The van der Waals surface area contributed by atoms with Crippen LogP contribution >= 0.6 is 11.8 Å². The fraction of sp³-hybridized carbons (Fsp3) is 0.167. The quantitative estimate of drug-likeness (QED) is 0.868. The number of halogens is 2. The smallest absolute Gasteiger partial charge is 0.140 e. The van der Waals surface area contributed by atoms with Crippen LogP contribution in [0.5, 0.6) is 0 Å². The van der Waals surface area contributed by atoms with Crippen LogP contribution in [0.4, 0.5) is 14.6 Å². The van der Waals surface area contributed by atoms with Gasteiger partial charge in [0.2, 0.25) is 0 Å². The Morgan fingerprint density at radius 1 is 1.28 bits per heavy atom. The minimum Gasteiger partial charge on any atom is -0.383 e. The molecule has 18 heavy (non-hydrogen) atoms. The van der Waals surface area contributed by atoms with Crippen molar-refractivity contribution in [1.29, 1.82) is 0 Å². The van der Waals surface area contributed by atoms with E-state index in [1.165, 1.54) is 18.5 Å². The third kappa shape index (κ3) is 2.59. The van der Waals surface area contributed by atoms with Gasteiger partial charge in [0.05, 0.1) is 0 Å². The highest BCUT2D eigenvalue weighted by Gasteiger charge is 2.12. The Labute approximate surface area is 107 Å². The highest BCUT2D eigenvalue weighted by molar-refractivity contribution is 7.99. The van der Waals surface area contributed by atoms with Gasteiger partial charge in [0.1, 0.15) is 28.8 Å². The highest BCUT2D eigenvalue weighted by Crippen LogP contribution is 2.32. The number of rotatable bonds is 3. The molecule has 1 aromatic heterocycles. The number of anilines is 1. The second kappa shape index (κ2) is 5.30. The van der Waals surface area contributed by atoms with Crippen molar-refractivity contribution in [2.75, 3.05) is 5.73 Å². The van der Waals surface area contributed by atoms with Gasteiger partial charge in [-0.05, 0) is 18.6 Å². The monoisotopic (exact) mass is 267 g/mol. The first kappa shape index (κ1) is 12.8. The second-order valence-electron chi connectivity index (χ2n) is 3.57. The van der Waals surface area contributed by atoms with Gasteiger partial charge in [-0.1, -0.05) is 18.7 Å². The van der Waals surface area contributed by atoms with Crippen molar-refractivity contribution in [3.05, 3.63) is 41.7 Å². The molecular formula is C12H11F2N3S. The lowest BCUT2D eigenvalue weighted by Crippen LogP contribution is -2.00. The first-order chi connectivity index (χ1) is 8.61. The standard InChI is InChI=1S/C12H11F2N3S/c1-2-8-11(15)16-6-17-12(8)18-10-4-3-7(13)5-9(10)14/h3-6H,2H2,1H3,(H2,15,16,17). The molecule has 0 spiro atoms. The Morgan fingerprint density at radius 2 is 2.06 bits per heavy atom. The molecule has 0 aliphatic heterocycles. The minimum absolute atomic E-state index is 0.309. The molecular weight excluding hydrogens is 256 g/mol. The Bertz CT molecular complexity index is 575. The third-order valence-corrected chi connectivity index (χ3v) is 3.49. The molecule has 3 nitrogen and oxygen atoms in total. The van der Waals surface area contributed by atoms with Gasteiger partial charge in [-0.15, -0.1) is 0 Å². The van der Waals surface area contributed by atoms with Gasteiger partial charge in [0, 0.05) is 16.5 Å². The molecule has 0 unspecified atom stereocenters. The summed E-state index contributed by atoms with van der Waals surface area (Å²) in [6, 6.07) is 3.44. The van der Waals surface area contributed by atoms with E-state index in [0.29, 0.717) is 22.2 Å². The van der Waals surface area contributed by atoms with Crippen molar-refractivity contribution < 1.29 is 8.78 Å². The van der Waals surface area contributed by atoms with Crippen LogP contribution in [0.3, 0.4) is 0 Å². The number of nitrogen functional groups attached to an aromatic ring is 1. The number of benzene rings is 1. The lowest BCUT2D eigenvalue weighted by molar-refractivity contribution is 0.565. The molecule has 0 aliphatic carbocycles. The van der Waals surface area contributed by atoms with Gasteiger partial charge in [-0.2, -0.15) is 0 Å². The van der Waals surface area contributed by atoms with Crippen LogP contribution in [-0.2, 0) is 6.42 Å². The fourth-order valence-corrected chi connectivity index (χ4v) is 2.46. The largest absolute Gasteiger partial charge is 0.383 e. The molecule has 0 aliphatic rings. The third-order valence-electron chi connectivity index (χ3n) is 2.39. The van der Waals surface area contributed by atoms with Gasteiger partial charge in [-0.25, -0.2) is 18.7 Å². The van der Waals surface area contributed by atoms with Crippen LogP contribution in [0.1, 0.15) is 12.5 Å². The van der Waals surface area contributed by atoms with Crippen molar-refractivity contribution >= 4 is 17.6 Å². The Kier molecular flexibility index (Phi) is 3.76. The summed E-state index contributed by atoms with van der Waals surface area (Å²) in [5.41, 5.74) is 6.50. The van der Waals surface area contributed by atoms with Crippen molar-refractivity contribution in [3.8, 4) is 0 Å². The minimum atomic E-state index is -0.612. The maximum Gasteiger partial charge on any atom is 0.140 e. The van der Waals surface area contributed by atoms with E-state index in [-0.39, 0.29) is 0 Å². The van der Waals surface area contributed by atoms with Crippen LogP contribution in [0.25, 0.3) is 0 Å². The molecule has 0 saturated carbocycles. The average Bonchev–Trinajstić information content (AvgIpc) is 2.33. The molecule has 0 atom stereocenters. The summed E-state index contributed by atoms with van der Waals surface area (Å²) >= 11 is 1.12. The lowest BCUT2D eigenvalue weighted by atomic mass is 10.2. The number of hydrogen-bond acceptors (Lipinski definition) is 4. The molecule has 0 radical (unpaired) electrons. The summed E-state index contributed by atoms with van der Waals surface area (Å²) in [7, 11) is 0. The van der Waals surface area contributed by atoms with E-state index in [1.807, 2.05) is 6.92 Å². The van der Waals surface area contributed by atoms with Crippen molar-refractivity contribution in [1.82, 2.24) is 9.97 Å². The van der Waals surface area contributed by atoms with E-state index in [0.717, 1.165) is 23.4 Å². The molecule has 2 aromatic rings. The van der Waals surface area contributed by atoms with Gasteiger partial charge in [0.25, 0.3) is 0 Å². The zero-order valence-electron chi connectivity index (χ0n) is 9.65. The van der Waals surface area contributed by atoms with Crippen LogP contribution in [0.15, 0.2) is 34.4 Å². The van der Waals surface area contributed by atoms with Crippen molar-refractivity contribution in [3.63, 3.8) is 0 Å². The van der Waals surface area contributed by atoms with Crippen molar-refractivity contribution in [2.45, 2.75) is 23.3 Å². The van der Waals surface area contributed by atoms with Gasteiger partial charge in [0.15, 0.2) is 0 Å². The Balaban J connectivity index is 2.37.